The van der Waals surface area contributed by atoms with E-state index in [9.17, 15) is 9.59 Å². The van der Waals surface area contributed by atoms with E-state index in [1.165, 1.54) is 20.7 Å². The lowest BCUT2D eigenvalue weighted by atomic mass is 9.77. The quantitative estimate of drug-likeness (QED) is 0.136. The molecule has 9 nitrogen and oxygen atoms in total. The maximum atomic E-state index is 13.1. The zero-order valence-corrected chi connectivity index (χ0v) is 27.4. The van der Waals surface area contributed by atoms with Gasteiger partial charge in [-0.25, -0.2) is 4.79 Å². The summed E-state index contributed by atoms with van der Waals surface area (Å²) in [7, 11) is 0. The van der Waals surface area contributed by atoms with Gasteiger partial charge in [-0.3, -0.25) is 19.4 Å². The fourth-order valence-corrected chi connectivity index (χ4v) is 7.05. The summed E-state index contributed by atoms with van der Waals surface area (Å²) in [6.07, 6.45) is 1.54. The van der Waals surface area contributed by atoms with E-state index in [2.05, 4.69) is 58.8 Å². The van der Waals surface area contributed by atoms with E-state index in [4.69, 9.17) is 14.3 Å². The maximum absolute atomic E-state index is 13.1. The zero-order valence-electron chi connectivity index (χ0n) is 26.6. The molecular formula is C36H42N4O5S. The number of nitrogens with one attached hydrogen (secondary N) is 1. The molecule has 1 saturated heterocycles. The van der Waals surface area contributed by atoms with Crippen LogP contribution in [-0.2, 0) is 26.4 Å². The average Bonchev–Trinajstić information content (AvgIpc) is 3.54. The monoisotopic (exact) mass is 642 g/mol. The second kappa shape index (κ2) is 14.5. The molecule has 2 amide bonds. The molecule has 0 saturated carbocycles. The number of thiophene rings is 1. The van der Waals surface area contributed by atoms with Crippen molar-refractivity contribution < 1.29 is 23.9 Å². The van der Waals surface area contributed by atoms with Gasteiger partial charge in [0.15, 0.2) is 6.73 Å². The summed E-state index contributed by atoms with van der Waals surface area (Å²) in [6, 6.07) is 24.2. The molecule has 6 rings (SSSR count). The van der Waals surface area contributed by atoms with Crippen molar-refractivity contribution in [3.8, 4) is 5.75 Å². The van der Waals surface area contributed by atoms with Crippen molar-refractivity contribution in [3.63, 3.8) is 0 Å². The first-order valence-electron chi connectivity index (χ1n) is 16.0. The molecule has 0 atom stereocenters. The molecule has 0 radical (unpaired) electrons. The third-order valence-corrected chi connectivity index (χ3v) is 9.65. The van der Waals surface area contributed by atoms with Gasteiger partial charge in [-0.05, 0) is 60.2 Å². The summed E-state index contributed by atoms with van der Waals surface area (Å²) >= 11 is 1.80. The number of unbranched alkanes of at least 4 members (excludes halogenated alkanes) is 1. The maximum Gasteiger partial charge on any atom is 0.433 e. The van der Waals surface area contributed by atoms with Crippen LogP contribution < -0.4 is 20.0 Å². The molecule has 0 spiro atoms. The SMILES string of the molecule is CC1(C)CC(=O)N(COC(=O)NOCc2ccccc2)c2cc(OCCCCN3CCN(c4cccc5sccc45)CC3)ccc21. The third kappa shape index (κ3) is 7.63. The normalized spacial score (nSPS) is 16.3. The first-order chi connectivity index (χ1) is 22.4. The number of hydrogen-bond acceptors (Lipinski definition) is 8. The van der Waals surface area contributed by atoms with Crippen molar-refractivity contribution in [2.75, 3.05) is 55.9 Å². The number of hydroxylamine groups is 1. The highest BCUT2D eigenvalue weighted by Gasteiger charge is 2.37. The largest absolute Gasteiger partial charge is 0.494 e. The number of anilines is 2. The summed E-state index contributed by atoms with van der Waals surface area (Å²) in [5.74, 6) is 0.584. The number of rotatable bonds is 12. The van der Waals surface area contributed by atoms with Crippen LogP contribution in [0.3, 0.4) is 0 Å². The van der Waals surface area contributed by atoms with Gasteiger partial charge in [0.1, 0.15) is 5.75 Å². The molecule has 2 aliphatic rings. The van der Waals surface area contributed by atoms with Gasteiger partial charge >= 0.3 is 6.09 Å². The topological polar surface area (TPSA) is 83.6 Å². The molecule has 1 aromatic heterocycles. The molecule has 1 fully saturated rings. The predicted molar refractivity (Wildman–Crippen MR) is 182 cm³/mol. The molecule has 1 N–H and O–H groups in total. The first-order valence-corrected chi connectivity index (χ1v) is 16.8. The Labute approximate surface area is 274 Å². The minimum absolute atomic E-state index is 0.111. The summed E-state index contributed by atoms with van der Waals surface area (Å²) in [5.41, 5.74) is 5.92. The van der Waals surface area contributed by atoms with Crippen LogP contribution in [0.2, 0.25) is 0 Å². The Balaban J connectivity index is 0.956. The number of carbonyl (C=O) groups excluding carboxylic acids is 2. The third-order valence-electron chi connectivity index (χ3n) is 8.77. The zero-order chi connectivity index (χ0) is 31.9. The van der Waals surface area contributed by atoms with E-state index in [0.717, 1.165) is 56.7 Å². The summed E-state index contributed by atoms with van der Waals surface area (Å²) in [5, 5.41) is 3.53. The second-order valence-corrected chi connectivity index (χ2v) is 13.4. The van der Waals surface area contributed by atoms with E-state index in [-0.39, 0.29) is 24.7 Å². The average molecular weight is 643 g/mol. The second-order valence-electron chi connectivity index (χ2n) is 12.5. The molecular weight excluding hydrogens is 600 g/mol. The standard InChI is InChI=1S/C36H42N4O5S/c1-36(2)24-34(41)40(26-44-35(42)37-45-25-27-9-4-3-5-10-27)32-23-28(13-14-30(32)36)43-21-7-6-16-38-17-19-39(20-18-38)31-11-8-12-33-29(31)15-22-46-33/h3-5,8-15,22-23H,6-7,16-21,24-26H2,1-2H3,(H,37,42). The lowest BCUT2D eigenvalue weighted by molar-refractivity contribution is -0.121. The van der Waals surface area contributed by atoms with Crippen molar-refractivity contribution >= 4 is 44.8 Å². The lowest BCUT2D eigenvalue weighted by Crippen LogP contribution is -2.46. The van der Waals surface area contributed by atoms with E-state index < -0.39 is 6.09 Å². The Morgan fingerprint density at radius 1 is 0.935 bits per heavy atom. The highest BCUT2D eigenvalue weighted by molar-refractivity contribution is 7.17. The van der Waals surface area contributed by atoms with Gasteiger partial charge in [0.05, 0.1) is 18.9 Å². The van der Waals surface area contributed by atoms with Gasteiger partial charge < -0.3 is 14.4 Å². The minimum atomic E-state index is -0.760. The van der Waals surface area contributed by atoms with Crippen LogP contribution in [0.1, 0.15) is 44.2 Å². The molecule has 10 heteroatoms. The van der Waals surface area contributed by atoms with E-state index in [0.29, 0.717) is 24.5 Å². The van der Waals surface area contributed by atoms with E-state index in [1.54, 1.807) is 11.3 Å². The van der Waals surface area contributed by atoms with Gasteiger partial charge in [-0.1, -0.05) is 56.3 Å². The van der Waals surface area contributed by atoms with Crippen LogP contribution in [0.25, 0.3) is 10.1 Å². The van der Waals surface area contributed by atoms with Crippen molar-refractivity contribution in [1.82, 2.24) is 10.4 Å². The molecule has 242 valence electrons. The number of benzene rings is 3. The van der Waals surface area contributed by atoms with Crippen molar-refractivity contribution in [2.24, 2.45) is 0 Å². The summed E-state index contributed by atoms with van der Waals surface area (Å²) < 4.78 is 12.8. The first kappa shape index (κ1) is 31.8. The van der Waals surface area contributed by atoms with Crippen molar-refractivity contribution in [3.05, 3.63) is 89.3 Å². The molecule has 0 aliphatic carbocycles. The number of ether oxygens (including phenoxy) is 2. The number of amides is 2. The van der Waals surface area contributed by atoms with Crippen molar-refractivity contribution in [2.45, 2.75) is 45.1 Å². The van der Waals surface area contributed by atoms with Crippen LogP contribution in [0.5, 0.6) is 5.75 Å². The van der Waals surface area contributed by atoms with Crippen LogP contribution >= 0.6 is 11.3 Å². The lowest BCUT2D eigenvalue weighted by Gasteiger charge is -2.38. The summed E-state index contributed by atoms with van der Waals surface area (Å²) in [4.78, 5) is 37.2. The van der Waals surface area contributed by atoms with Crippen LogP contribution in [0.15, 0.2) is 78.2 Å². The van der Waals surface area contributed by atoms with Gasteiger partial charge in [0, 0.05) is 59.9 Å². The smallest absolute Gasteiger partial charge is 0.433 e. The Hall–Kier alpha value is -4.12. The molecule has 3 aromatic carbocycles. The van der Waals surface area contributed by atoms with Crippen molar-refractivity contribution in [1.29, 1.82) is 0 Å². The fraction of sp³-hybridized carbons (Fsp3) is 0.389. The number of hydrogen-bond donors (Lipinski definition) is 1. The highest BCUT2D eigenvalue weighted by atomic mass is 32.1. The number of fused-ring (bicyclic) bond motifs is 2. The summed E-state index contributed by atoms with van der Waals surface area (Å²) in [6.45, 7) is 9.93. The molecule has 2 aliphatic heterocycles. The highest BCUT2D eigenvalue weighted by Crippen LogP contribution is 2.42. The van der Waals surface area contributed by atoms with Gasteiger partial charge in [0.25, 0.3) is 0 Å². The van der Waals surface area contributed by atoms with Gasteiger partial charge in [-0.15, -0.1) is 11.3 Å². The Morgan fingerprint density at radius 3 is 2.59 bits per heavy atom. The van der Waals surface area contributed by atoms with Crippen LogP contribution in [-0.4, -0.2) is 63.0 Å². The Morgan fingerprint density at radius 2 is 1.76 bits per heavy atom. The molecule has 3 heterocycles. The number of piperazine rings is 1. The Kier molecular flexibility index (Phi) is 10.1. The minimum Gasteiger partial charge on any atom is -0.494 e. The van der Waals surface area contributed by atoms with E-state index >= 15 is 0 Å². The van der Waals surface area contributed by atoms with Crippen LogP contribution in [0.4, 0.5) is 16.2 Å². The molecule has 46 heavy (non-hydrogen) atoms. The molecule has 0 unspecified atom stereocenters. The van der Waals surface area contributed by atoms with Gasteiger partial charge in [-0.2, -0.15) is 5.48 Å². The molecule has 0 bridgehead atoms. The van der Waals surface area contributed by atoms with E-state index in [1.807, 2.05) is 48.5 Å². The Bertz CT molecular complexity index is 1630. The molecule has 4 aromatic rings. The number of nitrogens with zero attached hydrogens (tertiary/aromatic N) is 3. The fourth-order valence-electron chi connectivity index (χ4n) is 6.24. The van der Waals surface area contributed by atoms with Crippen LogP contribution in [0, 0.1) is 0 Å². The number of carbonyl (C=O) groups is 2. The van der Waals surface area contributed by atoms with Gasteiger partial charge in [0.2, 0.25) is 5.91 Å². The predicted octanol–water partition coefficient (Wildman–Crippen LogP) is 6.71.